The average Bonchev–Trinajstić information content (AvgIpc) is 3.04. The third-order valence-corrected chi connectivity index (χ3v) is 7.31. The molecule has 1 amide bonds. The summed E-state index contributed by atoms with van der Waals surface area (Å²) in [5.41, 5.74) is 6.90. The van der Waals surface area contributed by atoms with Crippen LogP contribution in [0.3, 0.4) is 0 Å². The van der Waals surface area contributed by atoms with Crippen molar-refractivity contribution in [3.05, 3.63) is 47.6 Å². The smallest absolute Gasteiger partial charge is 0.342 e. The normalized spacial score (nSPS) is 21.5. The number of benzene rings is 1. The molecule has 0 radical (unpaired) electrons. The monoisotopic (exact) mass is 645 g/mol. The maximum Gasteiger partial charge on any atom is 0.342 e. The number of piperidine rings is 1. The lowest BCUT2D eigenvalue weighted by molar-refractivity contribution is -0.137. The molecule has 0 aromatic heterocycles. The quantitative estimate of drug-likeness (QED) is 0.0950. The number of esters is 1. The molecular formula is C34H51N3O9. The van der Waals surface area contributed by atoms with Crippen LogP contribution < -0.4 is 15.2 Å². The predicted molar refractivity (Wildman–Crippen MR) is 174 cm³/mol. The highest BCUT2D eigenvalue weighted by Crippen LogP contribution is 2.32. The van der Waals surface area contributed by atoms with Gasteiger partial charge in [0.15, 0.2) is 20.2 Å². The van der Waals surface area contributed by atoms with E-state index in [4.69, 9.17) is 39.0 Å². The highest BCUT2D eigenvalue weighted by atomic mass is 16.7. The van der Waals surface area contributed by atoms with E-state index >= 15 is 0 Å². The summed E-state index contributed by atoms with van der Waals surface area (Å²) in [6.07, 6.45) is 12.1. The Balaban J connectivity index is 1.99. The standard InChI is InChI=1S/C34H51N3O9/c1-4-40-24-43-30-21-27-20-28(36-45-23-32(38)37-17-7-6-8-18-37)13-10-15-29(42-19-11-16-35)14-9-12-26(3)46-34(39)33(27)31(22-30)44-25-41-5-2/h9-10,13-14,21-22,26,29H,4-8,11-12,15-20,23-25,35H2,1-3H3/b13-10+,14-9+,36-28?/t26-,29?/m1/s1. The number of carbonyl (C=O) groups is 2. The molecule has 3 rings (SSSR count). The number of fused-ring (bicyclic) bond motifs is 1. The van der Waals surface area contributed by atoms with Gasteiger partial charge in [-0.15, -0.1) is 0 Å². The minimum absolute atomic E-state index is 0.0160. The third-order valence-electron chi connectivity index (χ3n) is 7.31. The Kier molecular flexibility index (Phi) is 17.2. The first-order valence-corrected chi connectivity index (χ1v) is 16.4. The fourth-order valence-corrected chi connectivity index (χ4v) is 4.89. The highest BCUT2D eigenvalue weighted by Gasteiger charge is 2.25. The first-order chi connectivity index (χ1) is 22.4. The molecule has 2 heterocycles. The van der Waals surface area contributed by atoms with Crippen molar-refractivity contribution < 1.29 is 42.8 Å². The number of nitrogens with two attached hydrogens (primary N) is 1. The lowest BCUT2D eigenvalue weighted by atomic mass is 9.99. The summed E-state index contributed by atoms with van der Waals surface area (Å²) in [6, 6.07) is 3.36. The van der Waals surface area contributed by atoms with Crippen molar-refractivity contribution in [3.8, 4) is 11.5 Å². The Hall–Kier alpha value is -3.45. The van der Waals surface area contributed by atoms with Gasteiger partial charge in [0.2, 0.25) is 0 Å². The zero-order valence-electron chi connectivity index (χ0n) is 27.6. The van der Waals surface area contributed by atoms with E-state index < -0.39 is 12.1 Å². The minimum Gasteiger partial charge on any atom is -0.467 e. The summed E-state index contributed by atoms with van der Waals surface area (Å²) in [5, 5.41) is 4.36. The van der Waals surface area contributed by atoms with Gasteiger partial charge in [-0.1, -0.05) is 23.4 Å². The molecule has 46 heavy (non-hydrogen) atoms. The van der Waals surface area contributed by atoms with Crippen molar-refractivity contribution in [2.45, 2.75) is 77.9 Å². The van der Waals surface area contributed by atoms with Crippen LogP contribution in [0.2, 0.25) is 0 Å². The van der Waals surface area contributed by atoms with Gasteiger partial charge in [0.05, 0.1) is 11.8 Å². The molecule has 2 aliphatic heterocycles. The number of likely N-dealkylation sites (tertiary alicyclic amines) is 1. The van der Waals surface area contributed by atoms with Crippen LogP contribution in [0.25, 0.3) is 0 Å². The summed E-state index contributed by atoms with van der Waals surface area (Å²) in [5.74, 6) is 0.0105. The second-order valence-corrected chi connectivity index (χ2v) is 11.0. The number of hydrogen-bond donors (Lipinski definition) is 1. The van der Waals surface area contributed by atoms with Crippen LogP contribution in [-0.2, 0) is 35.0 Å². The Labute approximate surface area is 272 Å². The molecule has 0 aliphatic carbocycles. The first-order valence-electron chi connectivity index (χ1n) is 16.4. The van der Waals surface area contributed by atoms with Gasteiger partial charge in [0.25, 0.3) is 5.91 Å². The Morgan fingerprint density at radius 1 is 1.04 bits per heavy atom. The number of ether oxygens (including phenoxy) is 6. The fourth-order valence-electron chi connectivity index (χ4n) is 4.89. The highest BCUT2D eigenvalue weighted by molar-refractivity contribution is 6.00. The summed E-state index contributed by atoms with van der Waals surface area (Å²) < 4.78 is 34.5. The molecule has 256 valence electrons. The Bertz CT molecular complexity index is 1160. The van der Waals surface area contributed by atoms with E-state index in [2.05, 4.69) is 5.16 Å². The van der Waals surface area contributed by atoms with Gasteiger partial charge in [-0.05, 0) is 77.1 Å². The van der Waals surface area contributed by atoms with E-state index in [-0.39, 0.29) is 49.9 Å². The van der Waals surface area contributed by atoms with Gasteiger partial charge in [0, 0.05) is 51.8 Å². The van der Waals surface area contributed by atoms with Crippen molar-refractivity contribution >= 4 is 17.6 Å². The van der Waals surface area contributed by atoms with Crippen LogP contribution in [0.4, 0.5) is 0 Å². The van der Waals surface area contributed by atoms with Crippen molar-refractivity contribution in [2.75, 3.05) is 59.6 Å². The van der Waals surface area contributed by atoms with Gasteiger partial charge in [-0.3, -0.25) is 4.79 Å². The van der Waals surface area contributed by atoms with E-state index in [9.17, 15) is 9.59 Å². The molecule has 1 aromatic rings. The molecule has 0 bridgehead atoms. The maximum atomic E-state index is 13.7. The predicted octanol–water partition coefficient (Wildman–Crippen LogP) is 4.55. The molecule has 1 unspecified atom stereocenters. The van der Waals surface area contributed by atoms with E-state index in [1.165, 1.54) is 0 Å². The average molecular weight is 646 g/mol. The molecule has 12 nitrogen and oxygen atoms in total. The van der Waals surface area contributed by atoms with Gasteiger partial charge in [0.1, 0.15) is 23.2 Å². The number of oxime groups is 1. The third kappa shape index (κ3) is 13.1. The van der Waals surface area contributed by atoms with Crippen LogP contribution in [-0.4, -0.2) is 94.3 Å². The molecule has 1 fully saturated rings. The van der Waals surface area contributed by atoms with Crippen molar-refractivity contribution in [2.24, 2.45) is 10.9 Å². The topological polar surface area (TPSA) is 140 Å². The Morgan fingerprint density at radius 3 is 2.54 bits per heavy atom. The number of rotatable bonds is 15. The summed E-state index contributed by atoms with van der Waals surface area (Å²) in [6.45, 7) is 8.73. The van der Waals surface area contributed by atoms with Gasteiger partial charge >= 0.3 is 5.97 Å². The van der Waals surface area contributed by atoms with Crippen LogP contribution in [0.5, 0.6) is 11.5 Å². The van der Waals surface area contributed by atoms with E-state index in [0.29, 0.717) is 56.2 Å². The van der Waals surface area contributed by atoms with Gasteiger partial charge in [-0.2, -0.15) is 0 Å². The van der Waals surface area contributed by atoms with Gasteiger partial charge < -0.3 is 43.9 Å². The van der Waals surface area contributed by atoms with Crippen LogP contribution in [0.1, 0.15) is 75.2 Å². The molecular weight excluding hydrogens is 594 g/mol. The van der Waals surface area contributed by atoms with Crippen molar-refractivity contribution in [1.82, 2.24) is 4.90 Å². The van der Waals surface area contributed by atoms with Crippen LogP contribution in [0.15, 0.2) is 41.6 Å². The fraction of sp³-hybridized carbons (Fsp3) is 0.618. The molecule has 1 saturated heterocycles. The zero-order valence-corrected chi connectivity index (χ0v) is 27.6. The molecule has 0 spiro atoms. The second kappa shape index (κ2) is 21.4. The zero-order chi connectivity index (χ0) is 33.0. The van der Waals surface area contributed by atoms with E-state index in [1.54, 1.807) is 17.0 Å². The second-order valence-electron chi connectivity index (χ2n) is 11.0. The number of carbonyl (C=O) groups excluding carboxylic acids is 2. The van der Waals surface area contributed by atoms with Crippen LogP contribution in [0, 0.1) is 0 Å². The van der Waals surface area contributed by atoms with Crippen molar-refractivity contribution in [1.29, 1.82) is 0 Å². The number of amides is 1. The molecule has 2 atom stereocenters. The van der Waals surface area contributed by atoms with E-state index in [0.717, 1.165) is 38.8 Å². The molecule has 12 heteroatoms. The lowest BCUT2D eigenvalue weighted by Gasteiger charge is -2.26. The van der Waals surface area contributed by atoms with Crippen molar-refractivity contribution in [3.63, 3.8) is 0 Å². The molecule has 2 aliphatic rings. The molecule has 2 N–H and O–H groups in total. The van der Waals surface area contributed by atoms with Gasteiger partial charge in [-0.25, -0.2) is 4.79 Å². The number of hydrogen-bond acceptors (Lipinski definition) is 11. The first kappa shape index (κ1) is 37.0. The largest absolute Gasteiger partial charge is 0.467 e. The Morgan fingerprint density at radius 2 is 1.80 bits per heavy atom. The number of allylic oxidation sites excluding steroid dienone is 1. The SMILES string of the molecule is CCOCOc1cc2c(c(OCOCC)c1)C(=O)O[C@H](C)C/C=C/C(OCCCN)C/C=C/C(=NOCC(=O)N1CCCCC1)C2. The molecule has 0 saturated carbocycles. The minimum atomic E-state index is -0.559. The van der Waals surface area contributed by atoms with Crippen LogP contribution >= 0.6 is 0 Å². The lowest BCUT2D eigenvalue weighted by Crippen LogP contribution is -2.37. The maximum absolute atomic E-state index is 13.7. The number of nitrogens with zero attached hydrogens (tertiary/aromatic N) is 2. The van der Waals surface area contributed by atoms with E-state index in [1.807, 2.05) is 45.1 Å². The molecule has 1 aromatic carbocycles. The number of cyclic esters (lactones) is 1. The summed E-state index contributed by atoms with van der Waals surface area (Å²) in [4.78, 5) is 33.9. The summed E-state index contributed by atoms with van der Waals surface area (Å²) >= 11 is 0. The summed E-state index contributed by atoms with van der Waals surface area (Å²) in [7, 11) is 0.